The number of ether oxygens (including phenoxy) is 5. The van der Waals surface area contributed by atoms with Gasteiger partial charge in [-0.15, -0.1) is 0 Å². The van der Waals surface area contributed by atoms with Crippen LogP contribution < -0.4 is 34.3 Å². The highest BCUT2D eigenvalue weighted by Gasteiger charge is 2.36. The minimum absolute atomic E-state index is 0.0230. The van der Waals surface area contributed by atoms with Gasteiger partial charge in [-0.3, -0.25) is 14.6 Å². The van der Waals surface area contributed by atoms with Gasteiger partial charge in [-0.05, 0) is 85.9 Å². The molecule has 0 saturated heterocycles. The van der Waals surface area contributed by atoms with Gasteiger partial charge in [-0.2, -0.15) is 0 Å². The first-order valence-corrected chi connectivity index (χ1v) is 19.6. The van der Waals surface area contributed by atoms with E-state index >= 15 is 0 Å². The van der Waals surface area contributed by atoms with Gasteiger partial charge >= 0.3 is 0 Å². The number of nitrogens with one attached hydrogen (secondary N) is 2. The highest BCUT2D eigenvalue weighted by molar-refractivity contribution is 6.06. The van der Waals surface area contributed by atoms with Gasteiger partial charge in [0.05, 0.1) is 69.1 Å². The largest absolute Gasteiger partial charge is 0.497 e. The highest BCUT2D eigenvalue weighted by Crippen LogP contribution is 2.42. The Morgan fingerprint density at radius 3 is 1.98 bits per heavy atom. The second-order valence-electron chi connectivity index (χ2n) is 15.8. The summed E-state index contributed by atoms with van der Waals surface area (Å²) in [5.74, 6) is 2.49. The van der Waals surface area contributed by atoms with Crippen LogP contribution in [-0.4, -0.2) is 86.5 Å². The first-order valence-electron chi connectivity index (χ1n) is 19.6. The normalized spacial score (nSPS) is 18.1. The van der Waals surface area contributed by atoms with E-state index in [4.69, 9.17) is 28.7 Å². The summed E-state index contributed by atoms with van der Waals surface area (Å²) in [6, 6.07) is 23.0. The lowest BCUT2D eigenvalue weighted by Crippen LogP contribution is -2.34. The van der Waals surface area contributed by atoms with Crippen molar-refractivity contribution in [2.75, 3.05) is 51.7 Å². The average Bonchev–Trinajstić information content (AvgIpc) is 3.80. The smallest absolute Gasteiger partial charge is 0.260 e. The average molecular weight is 784 g/mol. The topological polar surface area (TPSA) is 123 Å². The maximum Gasteiger partial charge on any atom is 0.260 e. The second-order valence-corrected chi connectivity index (χ2v) is 15.8. The van der Waals surface area contributed by atoms with Crippen LogP contribution in [0.5, 0.6) is 28.7 Å². The molecule has 0 bridgehead atoms. The van der Waals surface area contributed by atoms with Gasteiger partial charge in [0.2, 0.25) is 0 Å². The summed E-state index contributed by atoms with van der Waals surface area (Å²) in [4.78, 5) is 36.0. The molecule has 2 N–H and O–H groups in total. The van der Waals surface area contributed by atoms with E-state index in [1.807, 2.05) is 53.8 Å². The number of carbonyl (C=O) groups excluding carboxylic acids is 2. The van der Waals surface area contributed by atoms with E-state index in [-0.39, 0.29) is 29.4 Å². The summed E-state index contributed by atoms with van der Waals surface area (Å²) in [6.45, 7) is 7.63. The molecule has 4 aliphatic rings. The van der Waals surface area contributed by atoms with Crippen LogP contribution in [0.1, 0.15) is 71.9 Å². The summed E-state index contributed by atoms with van der Waals surface area (Å²) in [7, 11) is 4.77. The molecule has 0 spiro atoms. The SMILES string of the molecule is COc1ccc(C2=CN3C(=O)c4cc(OC)c(OCCCOc5cc6c(cc5OC)C(=O)N5C=C(c7ccc(NC(C)(C)C)cc7)C[C@H]5C=N6)cc4NC[C@@H]3C2)cc1. The first kappa shape index (κ1) is 38.4. The summed E-state index contributed by atoms with van der Waals surface area (Å²) in [5.41, 5.74) is 7.54. The van der Waals surface area contributed by atoms with Crippen molar-refractivity contribution in [2.45, 2.75) is 57.7 Å². The number of fused-ring (bicyclic) bond motifs is 4. The molecule has 4 aromatic carbocycles. The minimum atomic E-state index is -0.194. The van der Waals surface area contributed by atoms with E-state index in [0.29, 0.717) is 78.1 Å². The molecule has 0 fully saturated rings. The summed E-state index contributed by atoms with van der Waals surface area (Å²) >= 11 is 0. The maximum absolute atomic E-state index is 13.9. The van der Waals surface area contributed by atoms with Crippen LogP contribution in [-0.2, 0) is 0 Å². The van der Waals surface area contributed by atoms with Crippen molar-refractivity contribution < 1.29 is 33.3 Å². The number of nitrogens with zero attached hydrogens (tertiary/aromatic N) is 3. The second kappa shape index (κ2) is 15.8. The van der Waals surface area contributed by atoms with Gasteiger partial charge in [0, 0.05) is 61.4 Å². The third kappa shape index (κ3) is 7.78. The van der Waals surface area contributed by atoms with Crippen LogP contribution in [0.3, 0.4) is 0 Å². The van der Waals surface area contributed by atoms with E-state index in [1.54, 1.807) is 44.4 Å². The summed E-state index contributed by atoms with van der Waals surface area (Å²) in [6.07, 6.45) is 7.67. The Bertz CT molecular complexity index is 2310. The third-order valence-electron chi connectivity index (χ3n) is 10.7. The van der Waals surface area contributed by atoms with Gasteiger partial charge in [-0.1, -0.05) is 24.3 Å². The molecule has 0 radical (unpaired) electrons. The molecular formula is C46H49N5O7. The Balaban J connectivity index is 0.892. The van der Waals surface area contributed by atoms with E-state index in [9.17, 15) is 9.59 Å². The molecule has 2 amide bonds. The van der Waals surface area contributed by atoms with Crippen LogP contribution in [0.2, 0.25) is 0 Å². The van der Waals surface area contributed by atoms with Gasteiger partial charge in [-0.25, -0.2) is 0 Å². The van der Waals surface area contributed by atoms with Gasteiger partial charge < -0.3 is 44.1 Å². The fourth-order valence-corrected chi connectivity index (χ4v) is 7.79. The Morgan fingerprint density at radius 1 is 0.724 bits per heavy atom. The standard InChI is InChI=1S/C46H49N5O7/c1-46(2,3)49-32-12-8-28(9-13-32)30-18-33-24-47-38-22-42(40(55-5)20-36(38)44(52)50(33)26-30)57-16-7-17-58-43-23-39-37(21-41(43)56-6)45(53)51-27-31(19-34(51)25-48-39)29-10-14-35(54-4)15-11-29/h8-15,20-24,26-27,33-34,48-49H,7,16-19,25H2,1-6H3/t33-,34-/m0/s1. The quantitative estimate of drug-likeness (QED) is 0.136. The van der Waals surface area contributed by atoms with Crippen LogP contribution >= 0.6 is 0 Å². The van der Waals surface area contributed by atoms with Crippen molar-refractivity contribution in [3.05, 3.63) is 107 Å². The lowest BCUT2D eigenvalue weighted by Gasteiger charge is -2.22. The van der Waals surface area contributed by atoms with Gasteiger partial charge in [0.1, 0.15) is 5.75 Å². The fraction of sp³-hybridized carbons (Fsp3) is 0.326. The Morgan fingerprint density at radius 2 is 1.33 bits per heavy atom. The predicted molar refractivity (Wildman–Crippen MR) is 226 cm³/mol. The van der Waals surface area contributed by atoms with Gasteiger partial charge in [0.25, 0.3) is 11.8 Å². The van der Waals surface area contributed by atoms with Crippen LogP contribution in [0, 0.1) is 0 Å². The van der Waals surface area contributed by atoms with Crippen LogP contribution in [0.4, 0.5) is 17.1 Å². The molecule has 4 heterocycles. The molecular weight excluding hydrogens is 735 g/mol. The molecule has 2 atom stereocenters. The van der Waals surface area contributed by atoms with E-state index in [1.165, 1.54) is 0 Å². The first-order chi connectivity index (χ1) is 28.0. The third-order valence-corrected chi connectivity index (χ3v) is 10.7. The zero-order chi connectivity index (χ0) is 40.6. The molecule has 0 aromatic heterocycles. The Labute approximate surface area is 339 Å². The maximum atomic E-state index is 13.9. The van der Waals surface area contributed by atoms with Crippen molar-refractivity contribution in [2.24, 2.45) is 4.99 Å². The molecule has 8 rings (SSSR count). The molecule has 4 aromatic rings. The lowest BCUT2D eigenvalue weighted by molar-refractivity contribution is 0.0793. The van der Waals surface area contributed by atoms with Crippen molar-refractivity contribution in [1.29, 1.82) is 0 Å². The van der Waals surface area contributed by atoms with Crippen molar-refractivity contribution in [1.82, 2.24) is 9.80 Å². The van der Waals surface area contributed by atoms with E-state index in [0.717, 1.165) is 40.1 Å². The van der Waals surface area contributed by atoms with E-state index < -0.39 is 0 Å². The minimum Gasteiger partial charge on any atom is -0.497 e. The van der Waals surface area contributed by atoms with Crippen molar-refractivity contribution in [3.63, 3.8) is 0 Å². The van der Waals surface area contributed by atoms with Crippen molar-refractivity contribution in [3.8, 4) is 28.7 Å². The van der Waals surface area contributed by atoms with Crippen LogP contribution in [0.25, 0.3) is 11.1 Å². The van der Waals surface area contributed by atoms with E-state index in [2.05, 4.69) is 55.7 Å². The lowest BCUT2D eigenvalue weighted by atomic mass is 10.0. The highest BCUT2D eigenvalue weighted by atomic mass is 16.5. The number of rotatable bonds is 12. The number of hydrogen-bond donors (Lipinski definition) is 2. The monoisotopic (exact) mass is 783 g/mol. The molecule has 12 heteroatoms. The zero-order valence-corrected chi connectivity index (χ0v) is 33.8. The molecule has 0 unspecified atom stereocenters. The van der Waals surface area contributed by atoms with Gasteiger partial charge in [0.15, 0.2) is 23.0 Å². The molecule has 0 aliphatic carbocycles. The van der Waals surface area contributed by atoms with Crippen LogP contribution in [0.15, 0.2) is 90.2 Å². The number of methoxy groups -OCH3 is 3. The number of hydrogen-bond acceptors (Lipinski definition) is 10. The molecule has 300 valence electrons. The number of amides is 2. The number of aliphatic imine (C=N–C) groups is 1. The van der Waals surface area contributed by atoms with Crippen molar-refractivity contribution >= 4 is 46.2 Å². The molecule has 58 heavy (non-hydrogen) atoms. The number of carbonyl (C=O) groups is 2. The summed E-state index contributed by atoms with van der Waals surface area (Å²) in [5, 5.41) is 6.96. The Hall–Kier alpha value is -6.43. The molecule has 0 saturated carbocycles. The number of benzene rings is 4. The fourth-order valence-electron chi connectivity index (χ4n) is 7.79. The Kier molecular flexibility index (Phi) is 10.5. The molecule has 12 nitrogen and oxygen atoms in total. The summed E-state index contributed by atoms with van der Waals surface area (Å²) < 4.78 is 29.0. The molecule has 4 aliphatic heterocycles. The zero-order valence-electron chi connectivity index (χ0n) is 33.8. The number of anilines is 2. The predicted octanol–water partition coefficient (Wildman–Crippen LogP) is 8.42.